The highest BCUT2D eigenvalue weighted by Gasteiger charge is 2.21. The van der Waals surface area contributed by atoms with E-state index in [1.807, 2.05) is 37.3 Å². The molecule has 2 atom stereocenters. The summed E-state index contributed by atoms with van der Waals surface area (Å²) in [5.41, 5.74) is 1.66. The molecule has 1 amide bonds. The Balaban J connectivity index is 1.66. The van der Waals surface area contributed by atoms with Crippen molar-refractivity contribution in [3.8, 4) is 11.1 Å². The Morgan fingerprint density at radius 1 is 1.08 bits per heavy atom. The third kappa shape index (κ3) is 3.58. The van der Waals surface area contributed by atoms with Crippen LogP contribution in [0.3, 0.4) is 0 Å². The van der Waals surface area contributed by atoms with Gasteiger partial charge in [0.1, 0.15) is 11.9 Å². The summed E-state index contributed by atoms with van der Waals surface area (Å²) in [6, 6.07) is 14.5. The van der Waals surface area contributed by atoms with Gasteiger partial charge in [0.05, 0.1) is 12.5 Å². The maximum absolute atomic E-state index is 12.5. The molecule has 0 aliphatic rings. The number of nitrogens with one attached hydrogen (secondary N) is 1. The summed E-state index contributed by atoms with van der Waals surface area (Å²) in [4.78, 5) is 12.5. The number of carbonyl (C=O) groups excluding carboxylic acids is 1. The highest BCUT2D eigenvalue weighted by molar-refractivity contribution is 5.98. The fourth-order valence-corrected chi connectivity index (χ4v) is 2.61. The molecule has 24 heavy (non-hydrogen) atoms. The lowest BCUT2D eigenvalue weighted by atomic mass is 10.1. The van der Waals surface area contributed by atoms with Crippen molar-refractivity contribution in [2.24, 2.45) is 0 Å². The average molecular weight is 325 g/mol. The molecule has 3 rings (SSSR count). The van der Waals surface area contributed by atoms with E-state index in [-0.39, 0.29) is 17.7 Å². The first kappa shape index (κ1) is 16.1. The average Bonchev–Trinajstić information content (AvgIpc) is 3.27. The minimum atomic E-state index is -0.763. The van der Waals surface area contributed by atoms with E-state index in [0.29, 0.717) is 12.2 Å². The number of rotatable bonds is 6. The lowest BCUT2D eigenvalue weighted by Crippen LogP contribution is -2.33. The first-order chi connectivity index (χ1) is 11.6. The molecule has 0 saturated heterocycles. The largest absolute Gasteiger partial charge is 0.467 e. The molecule has 5 heteroatoms. The summed E-state index contributed by atoms with van der Waals surface area (Å²) in [7, 11) is 0. The van der Waals surface area contributed by atoms with Crippen LogP contribution in [0.1, 0.15) is 35.8 Å². The molecule has 2 aromatic heterocycles. The fourth-order valence-electron chi connectivity index (χ4n) is 2.61. The zero-order valence-corrected chi connectivity index (χ0v) is 13.3. The van der Waals surface area contributed by atoms with Crippen LogP contribution < -0.4 is 5.32 Å². The molecule has 1 aromatic carbocycles. The minimum Gasteiger partial charge on any atom is -0.467 e. The molecule has 0 unspecified atom stereocenters. The number of benzene rings is 1. The maximum Gasteiger partial charge on any atom is 0.287 e. The van der Waals surface area contributed by atoms with Crippen LogP contribution in [0.25, 0.3) is 11.1 Å². The van der Waals surface area contributed by atoms with Crippen molar-refractivity contribution in [3.05, 3.63) is 72.6 Å². The van der Waals surface area contributed by atoms with Gasteiger partial charge in [0.25, 0.3) is 5.91 Å². The minimum absolute atomic E-state index is 0.244. The summed E-state index contributed by atoms with van der Waals surface area (Å²) >= 11 is 0. The van der Waals surface area contributed by atoms with Crippen LogP contribution in [0.2, 0.25) is 0 Å². The predicted octanol–water partition coefficient (Wildman–Crippen LogP) is 3.78. The van der Waals surface area contributed by atoms with E-state index in [1.165, 1.54) is 12.5 Å². The Hall–Kier alpha value is -2.79. The maximum atomic E-state index is 12.5. The van der Waals surface area contributed by atoms with E-state index >= 15 is 0 Å². The lowest BCUT2D eigenvalue weighted by Gasteiger charge is -2.16. The third-order valence-electron chi connectivity index (χ3n) is 3.78. The van der Waals surface area contributed by atoms with Gasteiger partial charge in [-0.15, -0.1) is 0 Å². The Bertz CT molecular complexity index is 777. The van der Waals surface area contributed by atoms with Crippen LogP contribution in [-0.2, 0) is 0 Å². The van der Waals surface area contributed by atoms with Gasteiger partial charge in [-0.05, 0) is 30.7 Å². The van der Waals surface area contributed by atoms with Gasteiger partial charge in [-0.3, -0.25) is 4.79 Å². The highest BCUT2D eigenvalue weighted by atomic mass is 16.4. The summed E-state index contributed by atoms with van der Waals surface area (Å²) in [6.45, 7) is 1.83. The molecule has 0 aliphatic heterocycles. The second kappa shape index (κ2) is 7.19. The lowest BCUT2D eigenvalue weighted by molar-refractivity contribution is 0.0877. The molecule has 2 N–H and O–H groups in total. The molecule has 0 spiro atoms. The van der Waals surface area contributed by atoms with Crippen LogP contribution in [0.15, 0.2) is 69.9 Å². The Labute approximate surface area is 139 Å². The van der Waals surface area contributed by atoms with Gasteiger partial charge in [0.15, 0.2) is 5.76 Å². The summed E-state index contributed by atoms with van der Waals surface area (Å²) < 4.78 is 10.5. The van der Waals surface area contributed by atoms with Gasteiger partial charge in [-0.1, -0.05) is 30.3 Å². The number of hydrogen-bond acceptors (Lipinski definition) is 4. The molecule has 5 nitrogen and oxygen atoms in total. The van der Waals surface area contributed by atoms with Crippen LogP contribution in [-0.4, -0.2) is 17.1 Å². The molecule has 0 aliphatic carbocycles. The Kier molecular flexibility index (Phi) is 4.82. The first-order valence-electron chi connectivity index (χ1n) is 7.80. The number of furan rings is 2. The fraction of sp³-hybridized carbons (Fsp3) is 0.211. The van der Waals surface area contributed by atoms with Crippen molar-refractivity contribution in [1.29, 1.82) is 0 Å². The second-order valence-corrected chi connectivity index (χ2v) is 5.67. The molecule has 3 aromatic rings. The van der Waals surface area contributed by atoms with Crippen LogP contribution in [0.5, 0.6) is 0 Å². The van der Waals surface area contributed by atoms with Crippen molar-refractivity contribution in [3.63, 3.8) is 0 Å². The third-order valence-corrected chi connectivity index (χ3v) is 3.78. The smallest absolute Gasteiger partial charge is 0.287 e. The number of amides is 1. The van der Waals surface area contributed by atoms with Crippen molar-refractivity contribution in [1.82, 2.24) is 5.32 Å². The Morgan fingerprint density at radius 3 is 2.58 bits per heavy atom. The van der Waals surface area contributed by atoms with E-state index in [9.17, 15) is 9.90 Å². The van der Waals surface area contributed by atoms with Crippen LogP contribution >= 0.6 is 0 Å². The van der Waals surface area contributed by atoms with Gasteiger partial charge in [0.2, 0.25) is 0 Å². The molecule has 0 fully saturated rings. The second-order valence-electron chi connectivity index (χ2n) is 5.67. The predicted molar refractivity (Wildman–Crippen MR) is 89.4 cm³/mol. The molecule has 2 heterocycles. The van der Waals surface area contributed by atoms with Crippen LogP contribution in [0.4, 0.5) is 0 Å². The van der Waals surface area contributed by atoms with Crippen molar-refractivity contribution in [2.75, 3.05) is 0 Å². The van der Waals surface area contributed by atoms with Gasteiger partial charge >= 0.3 is 0 Å². The zero-order valence-electron chi connectivity index (χ0n) is 13.3. The Morgan fingerprint density at radius 2 is 1.88 bits per heavy atom. The van der Waals surface area contributed by atoms with Crippen molar-refractivity contribution in [2.45, 2.75) is 25.5 Å². The number of carbonyl (C=O) groups is 1. The highest BCUT2D eigenvalue weighted by Crippen LogP contribution is 2.25. The van der Waals surface area contributed by atoms with E-state index in [2.05, 4.69) is 5.32 Å². The van der Waals surface area contributed by atoms with Gasteiger partial charge in [-0.2, -0.15) is 0 Å². The molecule has 0 radical (unpaired) electrons. The van der Waals surface area contributed by atoms with E-state index in [1.54, 1.807) is 18.2 Å². The van der Waals surface area contributed by atoms with Crippen LogP contribution in [0, 0.1) is 0 Å². The van der Waals surface area contributed by atoms with E-state index < -0.39 is 6.10 Å². The first-order valence-corrected chi connectivity index (χ1v) is 7.80. The van der Waals surface area contributed by atoms with Gasteiger partial charge < -0.3 is 19.3 Å². The monoisotopic (exact) mass is 325 g/mol. The normalized spacial score (nSPS) is 13.4. The molecule has 0 bridgehead atoms. The number of hydrogen-bond donors (Lipinski definition) is 2. The van der Waals surface area contributed by atoms with Crippen molar-refractivity contribution < 1.29 is 18.7 Å². The molecule has 124 valence electrons. The summed E-state index contributed by atoms with van der Waals surface area (Å²) in [5.74, 6) is 0.442. The molecular formula is C19H19NO4. The summed E-state index contributed by atoms with van der Waals surface area (Å²) in [5, 5.41) is 12.9. The van der Waals surface area contributed by atoms with E-state index in [0.717, 1.165) is 11.1 Å². The topological polar surface area (TPSA) is 75.6 Å². The van der Waals surface area contributed by atoms with Gasteiger partial charge in [0, 0.05) is 18.0 Å². The molecular weight excluding hydrogens is 306 g/mol. The van der Waals surface area contributed by atoms with Crippen molar-refractivity contribution >= 4 is 5.91 Å². The standard InChI is InChI=1S/C19H19NO4/c1-13(12-16(21)17-8-5-10-23-17)20-19(22)18-15(9-11-24-18)14-6-3-2-4-7-14/h2-11,13,16,21H,12H2,1H3,(H,20,22)/t13-,16-/m1/s1. The number of aliphatic hydroxyl groups excluding tert-OH is 1. The SMILES string of the molecule is C[C@H](C[C@@H](O)c1ccco1)NC(=O)c1occc1-c1ccccc1. The zero-order chi connectivity index (χ0) is 16.9. The van der Waals surface area contributed by atoms with Gasteiger partial charge in [-0.25, -0.2) is 0 Å². The quantitative estimate of drug-likeness (QED) is 0.723. The molecule has 0 saturated carbocycles. The number of aliphatic hydroxyl groups is 1. The summed E-state index contributed by atoms with van der Waals surface area (Å²) in [6.07, 6.45) is 2.59. The van der Waals surface area contributed by atoms with E-state index in [4.69, 9.17) is 8.83 Å².